The molecule has 0 aliphatic carbocycles. The van der Waals surface area contributed by atoms with Crippen LogP contribution in [0.15, 0.2) is 35.6 Å². The van der Waals surface area contributed by atoms with Crippen LogP contribution in [0.1, 0.15) is 31.0 Å². The molecule has 1 heterocycles. The van der Waals surface area contributed by atoms with Gasteiger partial charge < -0.3 is 10.6 Å². The van der Waals surface area contributed by atoms with Crippen molar-refractivity contribution in [3.8, 4) is 0 Å². The Morgan fingerprint density at radius 2 is 2.17 bits per heavy atom. The highest BCUT2D eigenvalue weighted by Crippen LogP contribution is 2.25. The van der Waals surface area contributed by atoms with Gasteiger partial charge in [-0.25, -0.2) is 4.99 Å². The number of hydrogen-bond donors (Lipinski definition) is 2. The Labute approximate surface area is 146 Å². The number of aliphatic imine (C=N–C) groups is 1. The Kier molecular flexibility index (Phi) is 6.30. The number of nitrogens with one attached hydrogen (secondary N) is 2. The highest BCUT2D eigenvalue weighted by Gasteiger charge is 2.11. The van der Waals surface area contributed by atoms with E-state index in [1.54, 1.807) is 10.7 Å². The molecule has 2 N–H and O–H groups in total. The Morgan fingerprint density at radius 1 is 1.39 bits per heavy atom. The molecule has 1 unspecified atom stereocenters. The molecule has 5 nitrogen and oxygen atoms in total. The van der Waals surface area contributed by atoms with Crippen LogP contribution in [0.3, 0.4) is 0 Å². The molecule has 2 aromatic rings. The maximum atomic E-state index is 6.26. The second-order valence-electron chi connectivity index (χ2n) is 5.25. The molecule has 0 bridgehead atoms. The van der Waals surface area contributed by atoms with E-state index in [4.69, 9.17) is 23.2 Å². The van der Waals surface area contributed by atoms with E-state index in [1.807, 2.05) is 45.4 Å². The molecule has 0 saturated carbocycles. The van der Waals surface area contributed by atoms with Gasteiger partial charge in [-0.3, -0.25) is 4.68 Å². The van der Waals surface area contributed by atoms with Gasteiger partial charge in [-0.1, -0.05) is 29.3 Å². The minimum Gasteiger partial charge on any atom is -0.357 e. The van der Waals surface area contributed by atoms with Gasteiger partial charge in [0.1, 0.15) is 0 Å². The lowest BCUT2D eigenvalue weighted by molar-refractivity contribution is 0.686. The molecule has 23 heavy (non-hydrogen) atoms. The van der Waals surface area contributed by atoms with Gasteiger partial charge in [0.05, 0.1) is 18.8 Å². The summed E-state index contributed by atoms with van der Waals surface area (Å²) in [6, 6.07) is 5.51. The van der Waals surface area contributed by atoms with Crippen molar-refractivity contribution in [2.75, 3.05) is 6.54 Å². The lowest BCUT2D eigenvalue weighted by Gasteiger charge is -2.19. The summed E-state index contributed by atoms with van der Waals surface area (Å²) in [5, 5.41) is 12.0. The zero-order valence-electron chi connectivity index (χ0n) is 13.5. The maximum Gasteiger partial charge on any atom is 0.192 e. The first-order chi connectivity index (χ1) is 11.0. The van der Waals surface area contributed by atoms with Crippen molar-refractivity contribution in [3.05, 3.63) is 51.8 Å². The third-order valence-corrected chi connectivity index (χ3v) is 3.87. The number of halogens is 2. The number of aryl methyl sites for hydroxylation is 1. The van der Waals surface area contributed by atoms with Crippen molar-refractivity contribution in [1.82, 2.24) is 20.4 Å². The fourth-order valence-corrected chi connectivity index (χ4v) is 2.75. The van der Waals surface area contributed by atoms with E-state index in [2.05, 4.69) is 20.7 Å². The van der Waals surface area contributed by atoms with E-state index >= 15 is 0 Å². The molecule has 7 heteroatoms. The van der Waals surface area contributed by atoms with E-state index < -0.39 is 0 Å². The minimum absolute atomic E-state index is 0.00599. The lowest BCUT2D eigenvalue weighted by Crippen LogP contribution is -2.38. The SMILES string of the molecule is CCNC(=NCc1cnn(C)c1)NC(C)c1ccc(Cl)cc1Cl. The summed E-state index contributed by atoms with van der Waals surface area (Å²) in [6.07, 6.45) is 3.76. The van der Waals surface area contributed by atoms with Crippen LogP contribution in [0.2, 0.25) is 10.0 Å². The maximum absolute atomic E-state index is 6.26. The Morgan fingerprint density at radius 3 is 2.78 bits per heavy atom. The predicted octanol–water partition coefficient (Wildman–Crippen LogP) is 3.54. The van der Waals surface area contributed by atoms with Gasteiger partial charge >= 0.3 is 0 Å². The van der Waals surface area contributed by atoms with Gasteiger partial charge in [-0.2, -0.15) is 5.10 Å². The van der Waals surface area contributed by atoms with Gasteiger partial charge in [0.2, 0.25) is 0 Å². The Bertz CT molecular complexity index is 681. The number of aromatic nitrogens is 2. The van der Waals surface area contributed by atoms with Gasteiger partial charge in [0.15, 0.2) is 5.96 Å². The van der Waals surface area contributed by atoms with Gasteiger partial charge in [0.25, 0.3) is 0 Å². The topological polar surface area (TPSA) is 54.2 Å². The quantitative estimate of drug-likeness (QED) is 0.638. The summed E-state index contributed by atoms with van der Waals surface area (Å²) in [5.74, 6) is 0.731. The van der Waals surface area contributed by atoms with Crippen LogP contribution < -0.4 is 10.6 Å². The van der Waals surface area contributed by atoms with Crippen LogP contribution in [0.5, 0.6) is 0 Å². The summed E-state index contributed by atoms with van der Waals surface area (Å²) in [4.78, 5) is 4.58. The first-order valence-corrected chi connectivity index (χ1v) is 8.22. The zero-order chi connectivity index (χ0) is 16.8. The highest BCUT2D eigenvalue weighted by molar-refractivity contribution is 6.35. The molecule has 1 atom stereocenters. The number of hydrogen-bond acceptors (Lipinski definition) is 2. The second-order valence-corrected chi connectivity index (χ2v) is 6.09. The molecule has 0 amide bonds. The molecule has 0 saturated heterocycles. The number of nitrogens with zero attached hydrogens (tertiary/aromatic N) is 3. The van der Waals surface area contributed by atoms with E-state index in [9.17, 15) is 0 Å². The standard InChI is InChI=1S/C16H21Cl2N5/c1-4-19-16(20-8-12-9-21-23(3)10-12)22-11(2)14-6-5-13(17)7-15(14)18/h5-7,9-11H,4,8H2,1-3H3,(H2,19,20,22). The normalized spacial score (nSPS) is 13.0. The lowest BCUT2D eigenvalue weighted by atomic mass is 10.1. The van der Waals surface area contributed by atoms with Gasteiger partial charge in [0, 0.05) is 35.4 Å². The molecule has 0 spiro atoms. The van der Waals surface area contributed by atoms with Crippen molar-refractivity contribution >= 4 is 29.2 Å². The Hall–Kier alpha value is -1.72. The summed E-state index contributed by atoms with van der Waals surface area (Å²) < 4.78 is 1.77. The number of benzene rings is 1. The van der Waals surface area contributed by atoms with Crippen LogP contribution in [-0.2, 0) is 13.6 Å². The second kappa shape index (κ2) is 8.22. The molecule has 0 aliphatic heterocycles. The summed E-state index contributed by atoms with van der Waals surface area (Å²) in [6.45, 7) is 5.40. The first-order valence-electron chi connectivity index (χ1n) is 7.47. The molecule has 0 fully saturated rings. The van der Waals surface area contributed by atoms with E-state index in [0.717, 1.165) is 23.6 Å². The van der Waals surface area contributed by atoms with Crippen molar-refractivity contribution < 1.29 is 0 Å². The fourth-order valence-electron chi connectivity index (χ4n) is 2.18. The molecule has 0 aliphatic rings. The zero-order valence-corrected chi connectivity index (χ0v) is 15.0. The van der Waals surface area contributed by atoms with Gasteiger partial charge in [-0.15, -0.1) is 0 Å². The molecule has 1 aromatic carbocycles. The fraction of sp³-hybridized carbons (Fsp3) is 0.375. The van der Waals surface area contributed by atoms with Crippen molar-refractivity contribution in [2.24, 2.45) is 12.0 Å². The first kappa shape index (κ1) is 17.6. The molecule has 0 radical (unpaired) electrons. The summed E-state index contributed by atoms with van der Waals surface area (Å²) >= 11 is 12.2. The monoisotopic (exact) mass is 353 g/mol. The average molecular weight is 354 g/mol. The molecular formula is C16H21Cl2N5. The van der Waals surface area contributed by atoms with Crippen molar-refractivity contribution in [1.29, 1.82) is 0 Å². The smallest absolute Gasteiger partial charge is 0.192 e. The molecule has 124 valence electrons. The van der Waals surface area contributed by atoms with Crippen LogP contribution in [0, 0.1) is 0 Å². The summed E-state index contributed by atoms with van der Waals surface area (Å²) in [7, 11) is 1.89. The Balaban J connectivity index is 2.08. The van der Waals surface area contributed by atoms with Crippen LogP contribution in [0.4, 0.5) is 0 Å². The van der Waals surface area contributed by atoms with E-state index in [1.165, 1.54) is 0 Å². The van der Waals surface area contributed by atoms with Crippen LogP contribution in [0.25, 0.3) is 0 Å². The highest BCUT2D eigenvalue weighted by atomic mass is 35.5. The van der Waals surface area contributed by atoms with Gasteiger partial charge in [-0.05, 0) is 31.5 Å². The number of guanidine groups is 1. The average Bonchev–Trinajstić information content (AvgIpc) is 2.90. The third kappa shape index (κ3) is 5.15. The summed E-state index contributed by atoms with van der Waals surface area (Å²) in [5.41, 5.74) is 2.03. The van der Waals surface area contributed by atoms with E-state index in [-0.39, 0.29) is 6.04 Å². The van der Waals surface area contributed by atoms with Crippen LogP contribution in [-0.4, -0.2) is 22.3 Å². The molecule has 1 aromatic heterocycles. The van der Waals surface area contributed by atoms with E-state index in [0.29, 0.717) is 16.6 Å². The van der Waals surface area contributed by atoms with Crippen LogP contribution >= 0.6 is 23.2 Å². The molecule has 2 rings (SSSR count). The van der Waals surface area contributed by atoms with Crippen molar-refractivity contribution in [2.45, 2.75) is 26.4 Å². The minimum atomic E-state index is 0.00599. The number of rotatable bonds is 5. The molecular weight excluding hydrogens is 333 g/mol. The largest absolute Gasteiger partial charge is 0.357 e. The predicted molar refractivity (Wildman–Crippen MR) is 96.0 cm³/mol. The third-order valence-electron chi connectivity index (χ3n) is 3.30. The van der Waals surface area contributed by atoms with Crippen molar-refractivity contribution in [3.63, 3.8) is 0 Å².